The summed E-state index contributed by atoms with van der Waals surface area (Å²) in [5, 5.41) is 14.6. The monoisotopic (exact) mass is 468 g/mol. The van der Waals surface area contributed by atoms with Crippen molar-refractivity contribution in [2.45, 2.75) is 26.8 Å². The Kier molecular flexibility index (Phi) is 6.91. The van der Waals surface area contributed by atoms with Crippen LogP contribution in [0.25, 0.3) is 22.3 Å². The molecular formula is C27H28N6O2. The zero-order valence-corrected chi connectivity index (χ0v) is 19.9. The molecule has 0 radical (unpaired) electrons. The van der Waals surface area contributed by atoms with E-state index in [1.54, 1.807) is 12.1 Å². The van der Waals surface area contributed by atoms with E-state index in [1.807, 2.05) is 69.3 Å². The van der Waals surface area contributed by atoms with Crippen molar-refractivity contribution in [2.24, 2.45) is 0 Å². The highest BCUT2D eigenvalue weighted by Gasteiger charge is 2.12. The summed E-state index contributed by atoms with van der Waals surface area (Å²) in [6, 6.07) is 18.8. The molecule has 4 rings (SSSR count). The Bertz CT molecular complexity index is 1400. The number of ether oxygens (including phenoxy) is 1. The molecule has 1 amide bonds. The molecule has 0 atom stereocenters. The van der Waals surface area contributed by atoms with E-state index in [-0.39, 0.29) is 18.6 Å². The van der Waals surface area contributed by atoms with Crippen LogP contribution in [0.1, 0.15) is 25.0 Å². The summed E-state index contributed by atoms with van der Waals surface area (Å²) in [4.78, 5) is 21.5. The number of fused-ring (bicyclic) bond motifs is 1. The van der Waals surface area contributed by atoms with Crippen LogP contribution in [0, 0.1) is 12.3 Å². The lowest BCUT2D eigenvalue weighted by molar-refractivity contribution is -0.123. The SMILES string of the molecule is Cc1ccc2nc(-c3cccc(OCC(=O)NC(C)C)c3)nc(Nc3ccc(N)c(C=N)c3)c2c1. The van der Waals surface area contributed by atoms with Crippen LogP contribution in [0.15, 0.2) is 60.7 Å². The molecule has 0 aliphatic heterocycles. The lowest BCUT2D eigenvalue weighted by Crippen LogP contribution is -2.34. The van der Waals surface area contributed by atoms with Crippen LogP contribution in [0.3, 0.4) is 0 Å². The Hall–Kier alpha value is -4.46. The van der Waals surface area contributed by atoms with E-state index >= 15 is 0 Å². The van der Waals surface area contributed by atoms with Gasteiger partial charge in [0, 0.05) is 40.1 Å². The second kappa shape index (κ2) is 10.2. The van der Waals surface area contributed by atoms with E-state index in [0.717, 1.165) is 27.7 Å². The molecule has 0 saturated heterocycles. The molecule has 3 aromatic carbocycles. The zero-order chi connectivity index (χ0) is 24.9. The number of rotatable bonds is 8. The van der Waals surface area contributed by atoms with Gasteiger partial charge in [0.1, 0.15) is 11.6 Å². The van der Waals surface area contributed by atoms with Crippen molar-refractivity contribution >= 4 is 40.2 Å². The van der Waals surface area contributed by atoms with Gasteiger partial charge in [0.15, 0.2) is 12.4 Å². The molecule has 1 heterocycles. The molecule has 0 aliphatic carbocycles. The van der Waals surface area contributed by atoms with Crippen LogP contribution in [0.5, 0.6) is 5.75 Å². The highest BCUT2D eigenvalue weighted by Crippen LogP contribution is 2.30. The summed E-state index contributed by atoms with van der Waals surface area (Å²) in [5.74, 6) is 1.53. The Balaban J connectivity index is 1.69. The largest absolute Gasteiger partial charge is 0.484 e. The van der Waals surface area contributed by atoms with Gasteiger partial charge in [-0.25, -0.2) is 9.97 Å². The number of amides is 1. The van der Waals surface area contributed by atoms with Crippen LogP contribution >= 0.6 is 0 Å². The lowest BCUT2D eigenvalue weighted by atomic mass is 10.1. The number of anilines is 3. The number of nitrogens with zero attached hydrogens (tertiary/aromatic N) is 2. The third-order valence-electron chi connectivity index (χ3n) is 5.27. The average molecular weight is 469 g/mol. The van der Waals surface area contributed by atoms with Gasteiger partial charge in [-0.2, -0.15) is 0 Å². The van der Waals surface area contributed by atoms with Crippen LogP contribution in [0.4, 0.5) is 17.2 Å². The Morgan fingerprint density at radius 1 is 1.11 bits per heavy atom. The van der Waals surface area contributed by atoms with Crippen molar-refractivity contribution in [3.63, 3.8) is 0 Å². The number of hydrogen-bond acceptors (Lipinski definition) is 7. The number of nitrogen functional groups attached to an aromatic ring is 1. The van der Waals surface area contributed by atoms with Crippen molar-refractivity contribution in [3.05, 3.63) is 71.8 Å². The van der Waals surface area contributed by atoms with Gasteiger partial charge in [-0.15, -0.1) is 0 Å². The number of aryl methyl sites for hydroxylation is 1. The number of carbonyl (C=O) groups excluding carboxylic acids is 1. The maximum Gasteiger partial charge on any atom is 0.258 e. The molecule has 0 bridgehead atoms. The fourth-order valence-electron chi connectivity index (χ4n) is 3.62. The number of hydrogen-bond donors (Lipinski definition) is 4. The molecule has 178 valence electrons. The molecule has 35 heavy (non-hydrogen) atoms. The highest BCUT2D eigenvalue weighted by atomic mass is 16.5. The van der Waals surface area contributed by atoms with Crippen molar-refractivity contribution in [2.75, 3.05) is 17.7 Å². The first-order chi connectivity index (χ1) is 16.8. The van der Waals surface area contributed by atoms with Crippen molar-refractivity contribution < 1.29 is 9.53 Å². The molecule has 1 aromatic heterocycles. The number of aromatic nitrogens is 2. The van der Waals surface area contributed by atoms with Crippen LogP contribution < -0.4 is 21.1 Å². The Morgan fingerprint density at radius 3 is 2.71 bits per heavy atom. The lowest BCUT2D eigenvalue weighted by Gasteiger charge is -2.13. The van der Waals surface area contributed by atoms with Crippen molar-refractivity contribution in [1.82, 2.24) is 15.3 Å². The molecule has 0 unspecified atom stereocenters. The molecular weight excluding hydrogens is 440 g/mol. The summed E-state index contributed by atoms with van der Waals surface area (Å²) < 4.78 is 5.68. The van der Waals surface area contributed by atoms with Crippen LogP contribution in [0.2, 0.25) is 0 Å². The Labute approximate surface area is 204 Å². The predicted molar refractivity (Wildman–Crippen MR) is 141 cm³/mol. The molecule has 0 saturated carbocycles. The van der Waals surface area contributed by atoms with Gasteiger partial charge < -0.3 is 26.5 Å². The second-order valence-corrected chi connectivity index (χ2v) is 8.57. The summed E-state index contributed by atoms with van der Waals surface area (Å²) in [6.07, 6.45) is 1.22. The summed E-state index contributed by atoms with van der Waals surface area (Å²) >= 11 is 0. The van der Waals surface area contributed by atoms with Gasteiger partial charge in [-0.1, -0.05) is 23.8 Å². The zero-order valence-electron chi connectivity index (χ0n) is 19.9. The average Bonchev–Trinajstić information content (AvgIpc) is 2.84. The van der Waals surface area contributed by atoms with Gasteiger partial charge in [0.05, 0.1) is 5.52 Å². The summed E-state index contributed by atoms with van der Waals surface area (Å²) in [6.45, 7) is 5.75. The second-order valence-electron chi connectivity index (χ2n) is 8.57. The van der Waals surface area contributed by atoms with Crippen LogP contribution in [-0.2, 0) is 4.79 Å². The number of nitrogens with two attached hydrogens (primary N) is 1. The first-order valence-electron chi connectivity index (χ1n) is 11.3. The molecule has 0 aliphatic rings. The fourth-order valence-corrected chi connectivity index (χ4v) is 3.62. The maximum absolute atomic E-state index is 11.9. The van der Waals surface area contributed by atoms with Crippen molar-refractivity contribution in [3.8, 4) is 17.1 Å². The molecule has 0 spiro atoms. The molecule has 8 nitrogen and oxygen atoms in total. The quantitative estimate of drug-likeness (QED) is 0.217. The Morgan fingerprint density at radius 2 is 1.94 bits per heavy atom. The third-order valence-corrected chi connectivity index (χ3v) is 5.27. The topological polar surface area (TPSA) is 126 Å². The van der Waals surface area contributed by atoms with E-state index in [0.29, 0.717) is 28.6 Å². The van der Waals surface area contributed by atoms with E-state index in [9.17, 15) is 4.79 Å². The number of carbonyl (C=O) groups is 1. The molecule has 0 fully saturated rings. The third kappa shape index (κ3) is 5.73. The molecule has 8 heteroatoms. The van der Waals surface area contributed by atoms with Gasteiger partial charge in [0.2, 0.25) is 0 Å². The first-order valence-corrected chi connectivity index (χ1v) is 11.3. The van der Waals surface area contributed by atoms with Crippen LogP contribution in [-0.4, -0.2) is 34.7 Å². The summed E-state index contributed by atoms with van der Waals surface area (Å²) in [7, 11) is 0. The minimum absolute atomic E-state index is 0.0501. The molecule has 4 aromatic rings. The molecule has 5 N–H and O–H groups in total. The smallest absolute Gasteiger partial charge is 0.258 e. The van der Waals surface area contributed by atoms with E-state index in [1.165, 1.54) is 6.21 Å². The minimum Gasteiger partial charge on any atom is -0.484 e. The summed E-state index contributed by atoms with van der Waals surface area (Å²) in [5.41, 5.74) is 10.5. The highest BCUT2D eigenvalue weighted by molar-refractivity contribution is 5.94. The van der Waals surface area contributed by atoms with Crippen molar-refractivity contribution in [1.29, 1.82) is 5.41 Å². The normalized spacial score (nSPS) is 10.9. The number of nitrogens with one attached hydrogen (secondary N) is 3. The minimum atomic E-state index is -0.179. The van der Waals surface area contributed by atoms with Gasteiger partial charge >= 0.3 is 0 Å². The predicted octanol–water partition coefficient (Wildman–Crippen LogP) is 4.83. The van der Waals surface area contributed by atoms with Gasteiger partial charge in [-0.3, -0.25) is 4.79 Å². The first kappa shape index (κ1) is 23.7. The fraction of sp³-hybridized carbons (Fsp3) is 0.185. The standard InChI is InChI=1S/C27H28N6O2/c1-16(2)30-25(34)15-35-21-6-4-5-18(13-21)26-32-24-10-7-17(3)11-22(24)27(33-26)31-20-8-9-23(29)19(12-20)14-28/h4-14,16,28H,15,29H2,1-3H3,(H,30,34)(H,31,32,33). The van der Waals surface area contributed by atoms with E-state index in [4.69, 9.17) is 25.8 Å². The van der Waals surface area contributed by atoms with E-state index in [2.05, 4.69) is 10.6 Å². The van der Waals surface area contributed by atoms with E-state index < -0.39 is 0 Å². The number of benzene rings is 3. The van der Waals surface area contributed by atoms with Gasteiger partial charge in [-0.05, 0) is 63.2 Å². The van der Waals surface area contributed by atoms with Gasteiger partial charge in [0.25, 0.3) is 5.91 Å². The maximum atomic E-state index is 11.9.